The third-order valence-corrected chi connectivity index (χ3v) is 2.44. The van der Waals surface area contributed by atoms with E-state index in [4.69, 9.17) is 23.2 Å². The van der Waals surface area contributed by atoms with Gasteiger partial charge in [0.1, 0.15) is 5.38 Å². The highest BCUT2D eigenvalue weighted by molar-refractivity contribution is 6.47. The summed E-state index contributed by atoms with van der Waals surface area (Å²) in [7, 11) is 1.13. The average molecular weight is 247 g/mol. The van der Waals surface area contributed by atoms with Crippen LogP contribution < -0.4 is 0 Å². The Morgan fingerprint density at radius 2 is 2.07 bits per heavy atom. The number of alkyl halides is 1. The Labute approximate surface area is 96.9 Å². The Morgan fingerprint density at radius 3 is 2.60 bits per heavy atom. The fourth-order valence-electron chi connectivity index (χ4n) is 1.02. The number of hydrogen-bond acceptors (Lipinski definition) is 3. The maximum Gasteiger partial charge on any atom is 0.376 e. The minimum absolute atomic E-state index is 0.454. The summed E-state index contributed by atoms with van der Waals surface area (Å²) in [6.45, 7) is 0. The van der Waals surface area contributed by atoms with E-state index in [-0.39, 0.29) is 0 Å². The van der Waals surface area contributed by atoms with E-state index in [1.54, 1.807) is 18.2 Å². The molecule has 0 aliphatic heterocycles. The van der Waals surface area contributed by atoms with Gasteiger partial charge >= 0.3 is 5.97 Å². The van der Waals surface area contributed by atoms with Gasteiger partial charge in [-0.2, -0.15) is 0 Å². The van der Waals surface area contributed by atoms with Crippen LogP contribution in [0.15, 0.2) is 24.3 Å². The van der Waals surface area contributed by atoms with E-state index in [0.29, 0.717) is 10.6 Å². The van der Waals surface area contributed by atoms with Gasteiger partial charge in [-0.15, -0.1) is 11.6 Å². The van der Waals surface area contributed by atoms with Gasteiger partial charge in [0, 0.05) is 5.02 Å². The van der Waals surface area contributed by atoms with Gasteiger partial charge in [-0.3, -0.25) is 4.79 Å². The van der Waals surface area contributed by atoms with E-state index in [1.807, 2.05) is 0 Å². The van der Waals surface area contributed by atoms with Crippen molar-refractivity contribution in [1.82, 2.24) is 0 Å². The molecule has 1 atom stereocenters. The van der Waals surface area contributed by atoms with Crippen molar-refractivity contribution in [3.05, 3.63) is 34.9 Å². The van der Waals surface area contributed by atoms with Crippen LogP contribution in [0, 0.1) is 0 Å². The second-order valence-corrected chi connectivity index (χ2v) is 3.65. The molecule has 0 radical (unpaired) electrons. The molecule has 0 N–H and O–H groups in total. The van der Waals surface area contributed by atoms with Crippen molar-refractivity contribution in [2.24, 2.45) is 0 Å². The van der Waals surface area contributed by atoms with Crippen LogP contribution in [0.2, 0.25) is 5.02 Å². The van der Waals surface area contributed by atoms with Crippen LogP contribution >= 0.6 is 23.2 Å². The van der Waals surface area contributed by atoms with Gasteiger partial charge in [-0.05, 0) is 17.7 Å². The molecule has 3 nitrogen and oxygen atoms in total. The third kappa shape index (κ3) is 2.94. The lowest BCUT2D eigenvalue weighted by atomic mass is 10.1. The molecule has 0 spiro atoms. The molecule has 0 saturated carbocycles. The standard InChI is InChI=1S/C10H8Cl2O3/c1-15-10(14)9(13)8(12)6-3-2-4-7(11)5-6/h2-5,8H,1H3. The predicted octanol–water partition coefficient (Wildman–Crippen LogP) is 2.36. The second-order valence-electron chi connectivity index (χ2n) is 2.77. The number of benzene rings is 1. The highest BCUT2D eigenvalue weighted by atomic mass is 35.5. The molecule has 0 bridgehead atoms. The quantitative estimate of drug-likeness (QED) is 0.467. The van der Waals surface area contributed by atoms with Gasteiger partial charge in [0.2, 0.25) is 0 Å². The monoisotopic (exact) mass is 246 g/mol. The van der Waals surface area contributed by atoms with Crippen molar-refractivity contribution in [3.8, 4) is 0 Å². The van der Waals surface area contributed by atoms with Gasteiger partial charge in [0.15, 0.2) is 0 Å². The highest BCUT2D eigenvalue weighted by Crippen LogP contribution is 2.24. The largest absolute Gasteiger partial charge is 0.463 e. The number of halogens is 2. The highest BCUT2D eigenvalue weighted by Gasteiger charge is 2.25. The molecule has 1 aromatic rings. The van der Waals surface area contributed by atoms with Gasteiger partial charge in [-0.25, -0.2) is 4.79 Å². The lowest BCUT2D eigenvalue weighted by molar-refractivity contribution is -0.151. The Hall–Kier alpha value is -1.06. The van der Waals surface area contributed by atoms with E-state index in [2.05, 4.69) is 4.74 Å². The first-order valence-corrected chi connectivity index (χ1v) is 4.89. The molecule has 1 unspecified atom stereocenters. The SMILES string of the molecule is COC(=O)C(=O)C(Cl)c1cccc(Cl)c1. The minimum atomic E-state index is -1.06. The van der Waals surface area contributed by atoms with Crippen LogP contribution in [0.3, 0.4) is 0 Å². The molecule has 0 aromatic heterocycles. The maximum absolute atomic E-state index is 11.3. The maximum atomic E-state index is 11.3. The number of methoxy groups -OCH3 is 1. The number of Topliss-reactive ketones (excluding diaryl/α,β-unsaturated/α-hetero) is 1. The zero-order valence-electron chi connectivity index (χ0n) is 7.87. The Balaban J connectivity index is 2.89. The number of esters is 1. The summed E-state index contributed by atoms with van der Waals surface area (Å²) >= 11 is 11.5. The first kappa shape index (κ1) is 12.0. The molecule has 5 heteroatoms. The number of hydrogen-bond donors (Lipinski definition) is 0. The molecular weight excluding hydrogens is 239 g/mol. The molecular formula is C10H8Cl2O3. The molecule has 1 rings (SSSR count). The van der Waals surface area contributed by atoms with E-state index in [1.165, 1.54) is 6.07 Å². The Bertz CT molecular complexity index is 390. The molecule has 0 amide bonds. The number of ether oxygens (including phenoxy) is 1. The lowest BCUT2D eigenvalue weighted by Gasteiger charge is -2.07. The summed E-state index contributed by atoms with van der Waals surface area (Å²) in [6, 6.07) is 6.44. The molecule has 0 saturated heterocycles. The lowest BCUT2D eigenvalue weighted by Crippen LogP contribution is -2.20. The van der Waals surface area contributed by atoms with E-state index in [9.17, 15) is 9.59 Å². The normalized spacial score (nSPS) is 11.9. The van der Waals surface area contributed by atoms with Crippen LogP contribution in [-0.2, 0) is 14.3 Å². The molecule has 0 aliphatic rings. The summed E-state index contributed by atoms with van der Waals surface area (Å²) in [5, 5.41) is -0.605. The molecule has 0 heterocycles. The first-order chi connectivity index (χ1) is 7.06. The third-order valence-electron chi connectivity index (χ3n) is 1.76. The zero-order valence-corrected chi connectivity index (χ0v) is 9.38. The molecule has 80 valence electrons. The molecule has 0 aliphatic carbocycles. The van der Waals surface area contributed by atoms with Crippen LogP contribution in [0.4, 0.5) is 0 Å². The smallest absolute Gasteiger partial charge is 0.376 e. The summed E-state index contributed by atoms with van der Waals surface area (Å²) < 4.78 is 4.28. The van der Waals surface area contributed by atoms with Crippen molar-refractivity contribution < 1.29 is 14.3 Å². The number of ketones is 1. The fraction of sp³-hybridized carbons (Fsp3) is 0.200. The van der Waals surface area contributed by atoms with E-state index >= 15 is 0 Å². The fourth-order valence-corrected chi connectivity index (χ4v) is 1.44. The van der Waals surface area contributed by atoms with Crippen molar-refractivity contribution in [2.75, 3.05) is 7.11 Å². The summed E-state index contributed by atoms with van der Waals surface area (Å²) in [5.74, 6) is -1.77. The Morgan fingerprint density at radius 1 is 1.40 bits per heavy atom. The molecule has 0 fully saturated rings. The zero-order chi connectivity index (χ0) is 11.4. The predicted molar refractivity (Wildman–Crippen MR) is 57.1 cm³/mol. The average Bonchev–Trinajstić information content (AvgIpc) is 2.26. The van der Waals surface area contributed by atoms with E-state index < -0.39 is 17.1 Å². The van der Waals surface area contributed by atoms with Gasteiger partial charge in [0.05, 0.1) is 7.11 Å². The number of carbonyl (C=O) groups is 2. The topological polar surface area (TPSA) is 43.4 Å². The first-order valence-electron chi connectivity index (χ1n) is 4.08. The number of carbonyl (C=O) groups excluding carboxylic acids is 2. The van der Waals surface area contributed by atoms with Crippen molar-refractivity contribution >= 4 is 35.0 Å². The van der Waals surface area contributed by atoms with Crippen molar-refractivity contribution in [3.63, 3.8) is 0 Å². The number of rotatable bonds is 3. The summed E-state index contributed by atoms with van der Waals surface area (Å²) in [4.78, 5) is 22.3. The second kappa shape index (κ2) is 5.14. The minimum Gasteiger partial charge on any atom is -0.463 e. The van der Waals surface area contributed by atoms with Gasteiger partial charge in [-0.1, -0.05) is 23.7 Å². The van der Waals surface area contributed by atoms with Crippen LogP contribution in [-0.4, -0.2) is 18.9 Å². The molecule has 15 heavy (non-hydrogen) atoms. The van der Waals surface area contributed by atoms with Crippen LogP contribution in [0.1, 0.15) is 10.9 Å². The van der Waals surface area contributed by atoms with Crippen LogP contribution in [0.5, 0.6) is 0 Å². The van der Waals surface area contributed by atoms with Crippen LogP contribution in [0.25, 0.3) is 0 Å². The van der Waals surface area contributed by atoms with E-state index in [0.717, 1.165) is 7.11 Å². The van der Waals surface area contributed by atoms with Gasteiger partial charge < -0.3 is 4.74 Å². The van der Waals surface area contributed by atoms with Crippen molar-refractivity contribution in [1.29, 1.82) is 0 Å². The molecule has 1 aromatic carbocycles. The summed E-state index contributed by atoms with van der Waals surface area (Å²) in [5.41, 5.74) is 0.472. The van der Waals surface area contributed by atoms with Crippen molar-refractivity contribution in [2.45, 2.75) is 5.38 Å². The van der Waals surface area contributed by atoms with Gasteiger partial charge in [0.25, 0.3) is 5.78 Å². The summed E-state index contributed by atoms with van der Waals surface area (Å²) in [6.07, 6.45) is 0. The Kier molecular flexibility index (Phi) is 4.12.